The van der Waals surface area contributed by atoms with Gasteiger partial charge < -0.3 is 19.9 Å². The van der Waals surface area contributed by atoms with Crippen LogP contribution in [0, 0.1) is 0 Å². The van der Waals surface area contributed by atoms with Gasteiger partial charge in [0, 0.05) is 31.7 Å². The van der Waals surface area contributed by atoms with Gasteiger partial charge >= 0.3 is 0 Å². The first-order valence-electron chi connectivity index (χ1n) is 7.87. The maximum atomic E-state index is 12.5. The zero-order valence-electron chi connectivity index (χ0n) is 14.1. The lowest BCUT2D eigenvalue weighted by molar-refractivity contribution is 0.0624. The van der Waals surface area contributed by atoms with Crippen LogP contribution < -0.4 is 10.5 Å². The fourth-order valence-electron chi connectivity index (χ4n) is 2.66. The predicted octanol–water partition coefficient (Wildman–Crippen LogP) is 0.917. The molecule has 2 N–H and O–H groups in total. The molecule has 9 heteroatoms. The van der Waals surface area contributed by atoms with Crippen molar-refractivity contribution in [2.24, 2.45) is 5.73 Å². The van der Waals surface area contributed by atoms with E-state index >= 15 is 0 Å². The largest absolute Gasteiger partial charge is 0.497 e. The Morgan fingerprint density at radius 1 is 1.24 bits per heavy atom. The van der Waals surface area contributed by atoms with Crippen molar-refractivity contribution in [3.05, 3.63) is 41.5 Å². The maximum absolute atomic E-state index is 12.5. The zero-order chi connectivity index (χ0) is 16.9. The van der Waals surface area contributed by atoms with Crippen molar-refractivity contribution in [2.45, 2.75) is 13.1 Å². The molecule has 1 saturated heterocycles. The van der Waals surface area contributed by atoms with E-state index in [1.54, 1.807) is 31.4 Å². The third-order valence-electron chi connectivity index (χ3n) is 4.05. The number of amides is 1. The molecule has 0 atom stereocenters. The average molecular weight is 368 g/mol. The van der Waals surface area contributed by atoms with Crippen LogP contribution in [0.1, 0.15) is 22.1 Å². The highest BCUT2D eigenvalue weighted by Gasteiger charge is 2.23. The Labute approximate surface area is 152 Å². The lowest BCUT2D eigenvalue weighted by Gasteiger charge is -2.34. The summed E-state index contributed by atoms with van der Waals surface area (Å²) in [6.07, 6.45) is 0. The van der Waals surface area contributed by atoms with Crippen molar-refractivity contribution in [2.75, 3.05) is 33.3 Å². The van der Waals surface area contributed by atoms with Crippen LogP contribution in [-0.2, 0) is 13.1 Å². The van der Waals surface area contributed by atoms with E-state index in [0.717, 1.165) is 18.8 Å². The van der Waals surface area contributed by atoms with E-state index in [9.17, 15) is 4.79 Å². The molecule has 0 unspecified atom stereocenters. The van der Waals surface area contributed by atoms with Crippen LogP contribution in [0.25, 0.3) is 0 Å². The van der Waals surface area contributed by atoms with Gasteiger partial charge in [-0.25, -0.2) is 0 Å². The molecule has 2 heterocycles. The molecular weight excluding hydrogens is 346 g/mol. The molecule has 25 heavy (non-hydrogen) atoms. The Morgan fingerprint density at radius 3 is 2.48 bits per heavy atom. The summed E-state index contributed by atoms with van der Waals surface area (Å²) in [5, 5.41) is 3.90. The molecule has 3 rings (SSSR count). The summed E-state index contributed by atoms with van der Waals surface area (Å²) in [5.41, 5.74) is 6.14. The molecule has 1 aliphatic rings. The summed E-state index contributed by atoms with van der Waals surface area (Å²) in [6.45, 7) is 3.74. The van der Waals surface area contributed by atoms with Crippen molar-refractivity contribution in [3.63, 3.8) is 0 Å². The summed E-state index contributed by atoms with van der Waals surface area (Å²) in [6, 6.07) is 7.19. The first-order valence-corrected chi connectivity index (χ1v) is 7.87. The molecule has 1 fully saturated rings. The van der Waals surface area contributed by atoms with Gasteiger partial charge in [-0.05, 0) is 24.3 Å². The number of nitrogens with two attached hydrogens (primary N) is 1. The number of ether oxygens (including phenoxy) is 1. The molecule has 2 aromatic rings. The second-order valence-corrected chi connectivity index (χ2v) is 5.61. The number of halogens is 1. The van der Waals surface area contributed by atoms with Crippen LogP contribution in [-0.4, -0.2) is 59.1 Å². The van der Waals surface area contributed by atoms with Gasteiger partial charge in [-0.15, -0.1) is 12.4 Å². The van der Waals surface area contributed by atoms with E-state index in [4.69, 9.17) is 15.0 Å². The summed E-state index contributed by atoms with van der Waals surface area (Å²) in [5.74, 6) is 1.86. The SMILES string of the molecule is COc1ccc(C(=O)N2CCN(Cc3noc(CN)n3)CC2)cc1.Cl. The second kappa shape index (κ2) is 8.80. The summed E-state index contributed by atoms with van der Waals surface area (Å²) in [4.78, 5) is 20.8. The van der Waals surface area contributed by atoms with E-state index in [0.29, 0.717) is 36.9 Å². The lowest BCUT2D eigenvalue weighted by Crippen LogP contribution is -2.48. The molecule has 1 aromatic heterocycles. The van der Waals surface area contributed by atoms with Crippen LogP contribution in [0.15, 0.2) is 28.8 Å². The number of aromatic nitrogens is 2. The van der Waals surface area contributed by atoms with E-state index in [2.05, 4.69) is 15.0 Å². The Morgan fingerprint density at radius 2 is 1.92 bits per heavy atom. The van der Waals surface area contributed by atoms with Crippen molar-refractivity contribution < 1.29 is 14.1 Å². The Bertz CT molecular complexity index is 683. The molecule has 0 saturated carbocycles. The van der Waals surface area contributed by atoms with Gasteiger partial charge in [0.1, 0.15) is 5.75 Å². The number of nitrogens with zero attached hydrogens (tertiary/aromatic N) is 4. The first kappa shape index (κ1) is 19.2. The number of benzene rings is 1. The number of hydrogen-bond donors (Lipinski definition) is 1. The number of rotatable bonds is 5. The van der Waals surface area contributed by atoms with E-state index in [1.165, 1.54) is 0 Å². The normalized spacial score (nSPS) is 14.9. The van der Waals surface area contributed by atoms with Gasteiger partial charge in [0.15, 0.2) is 5.82 Å². The standard InChI is InChI=1S/C16H21N5O3.ClH/c1-23-13-4-2-12(3-5-13)16(22)21-8-6-20(7-9-21)11-14-18-15(10-17)24-19-14;/h2-5H,6-11,17H2,1H3;1H. The lowest BCUT2D eigenvalue weighted by atomic mass is 10.1. The Balaban J connectivity index is 0.00000225. The topological polar surface area (TPSA) is 97.7 Å². The molecular formula is C16H22ClN5O3. The number of piperazine rings is 1. The highest BCUT2D eigenvalue weighted by Crippen LogP contribution is 2.15. The quantitative estimate of drug-likeness (QED) is 0.838. The van der Waals surface area contributed by atoms with Crippen molar-refractivity contribution >= 4 is 18.3 Å². The number of hydrogen-bond acceptors (Lipinski definition) is 7. The second-order valence-electron chi connectivity index (χ2n) is 5.61. The Hall–Kier alpha value is -2.16. The van der Waals surface area contributed by atoms with Crippen LogP contribution in [0.2, 0.25) is 0 Å². The minimum Gasteiger partial charge on any atom is -0.497 e. The van der Waals surface area contributed by atoms with Crippen LogP contribution in [0.4, 0.5) is 0 Å². The minimum atomic E-state index is 0. The fraction of sp³-hybridized carbons (Fsp3) is 0.438. The van der Waals surface area contributed by atoms with Gasteiger partial charge in [-0.3, -0.25) is 9.69 Å². The van der Waals surface area contributed by atoms with Crippen LogP contribution >= 0.6 is 12.4 Å². The average Bonchev–Trinajstić information content (AvgIpc) is 3.09. The molecule has 0 bridgehead atoms. The van der Waals surface area contributed by atoms with Gasteiger partial charge in [0.25, 0.3) is 5.91 Å². The third kappa shape index (κ3) is 4.68. The fourth-order valence-corrected chi connectivity index (χ4v) is 2.66. The summed E-state index contributed by atoms with van der Waals surface area (Å²) >= 11 is 0. The summed E-state index contributed by atoms with van der Waals surface area (Å²) in [7, 11) is 1.61. The van der Waals surface area contributed by atoms with Crippen LogP contribution in [0.5, 0.6) is 5.75 Å². The highest BCUT2D eigenvalue weighted by molar-refractivity contribution is 5.94. The molecule has 1 amide bonds. The van der Waals surface area contributed by atoms with Crippen LogP contribution in [0.3, 0.4) is 0 Å². The maximum Gasteiger partial charge on any atom is 0.253 e. The monoisotopic (exact) mass is 367 g/mol. The third-order valence-corrected chi connectivity index (χ3v) is 4.05. The minimum absolute atomic E-state index is 0. The number of carbonyl (C=O) groups excluding carboxylic acids is 1. The molecule has 136 valence electrons. The first-order chi connectivity index (χ1) is 11.7. The van der Waals surface area contributed by atoms with E-state index in [-0.39, 0.29) is 24.9 Å². The smallest absolute Gasteiger partial charge is 0.253 e. The molecule has 0 aliphatic carbocycles. The van der Waals surface area contributed by atoms with Gasteiger partial charge in [-0.2, -0.15) is 4.98 Å². The van der Waals surface area contributed by atoms with Gasteiger partial charge in [-0.1, -0.05) is 5.16 Å². The van der Waals surface area contributed by atoms with Gasteiger partial charge in [0.05, 0.1) is 20.2 Å². The highest BCUT2D eigenvalue weighted by atomic mass is 35.5. The molecule has 0 spiro atoms. The summed E-state index contributed by atoms with van der Waals surface area (Å²) < 4.78 is 10.1. The Kier molecular flexibility index (Phi) is 6.74. The number of carbonyl (C=O) groups is 1. The van der Waals surface area contributed by atoms with Crippen molar-refractivity contribution in [1.82, 2.24) is 19.9 Å². The molecule has 8 nitrogen and oxygen atoms in total. The van der Waals surface area contributed by atoms with E-state index < -0.39 is 0 Å². The molecule has 0 radical (unpaired) electrons. The number of methoxy groups -OCH3 is 1. The van der Waals surface area contributed by atoms with Crippen molar-refractivity contribution in [1.29, 1.82) is 0 Å². The molecule has 1 aliphatic heterocycles. The van der Waals surface area contributed by atoms with Gasteiger partial charge in [0.2, 0.25) is 5.89 Å². The molecule has 1 aromatic carbocycles. The van der Waals surface area contributed by atoms with E-state index in [1.807, 2.05) is 4.90 Å². The predicted molar refractivity (Wildman–Crippen MR) is 93.6 cm³/mol. The van der Waals surface area contributed by atoms with Crippen molar-refractivity contribution in [3.8, 4) is 5.75 Å². The zero-order valence-corrected chi connectivity index (χ0v) is 14.9.